The van der Waals surface area contributed by atoms with Gasteiger partial charge in [-0.1, -0.05) is 37.3 Å². The molecule has 0 saturated carbocycles. The van der Waals surface area contributed by atoms with E-state index in [-0.39, 0.29) is 6.04 Å². The SMILES string of the molecule is CC[C@@H](NC(C)c1ccccc1)C(=O)[O-]. The van der Waals surface area contributed by atoms with E-state index in [9.17, 15) is 9.90 Å². The lowest BCUT2D eigenvalue weighted by Crippen LogP contribution is -2.45. The van der Waals surface area contributed by atoms with Crippen molar-refractivity contribution >= 4 is 5.97 Å². The molecule has 0 spiro atoms. The fourth-order valence-electron chi connectivity index (χ4n) is 1.49. The van der Waals surface area contributed by atoms with Crippen LogP contribution in [0.3, 0.4) is 0 Å². The molecule has 1 rings (SSSR count). The average Bonchev–Trinajstić information content (AvgIpc) is 2.26. The minimum atomic E-state index is -1.04. The molecule has 0 radical (unpaired) electrons. The molecular weight excluding hydrogens is 190 g/mol. The Bertz CT molecular complexity index is 311. The molecule has 1 aromatic carbocycles. The van der Waals surface area contributed by atoms with Crippen molar-refractivity contribution in [2.45, 2.75) is 32.4 Å². The van der Waals surface area contributed by atoms with Gasteiger partial charge in [-0.05, 0) is 18.9 Å². The molecule has 0 aromatic heterocycles. The topological polar surface area (TPSA) is 52.2 Å². The van der Waals surface area contributed by atoms with Crippen molar-refractivity contribution in [2.24, 2.45) is 0 Å². The van der Waals surface area contributed by atoms with E-state index in [0.29, 0.717) is 6.42 Å². The van der Waals surface area contributed by atoms with Gasteiger partial charge < -0.3 is 15.2 Å². The van der Waals surface area contributed by atoms with Crippen LogP contribution < -0.4 is 10.4 Å². The molecule has 1 aromatic rings. The zero-order chi connectivity index (χ0) is 11.3. The maximum absolute atomic E-state index is 10.7. The number of hydrogen-bond donors (Lipinski definition) is 1. The predicted molar refractivity (Wildman–Crippen MR) is 57.1 cm³/mol. The molecule has 0 aliphatic rings. The summed E-state index contributed by atoms with van der Waals surface area (Å²) in [5.74, 6) is -1.04. The summed E-state index contributed by atoms with van der Waals surface area (Å²) in [4.78, 5) is 10.7. The van der Waals surface area contributed by atoms with Gasteiger partial charge in [-0.3, -0.25) is 0 Å². The number of benzene rings is 1. The minimum absolute atomic E-state index is 0.0223. The van der Waals surface area contributed by atoms with Crippen molar-refractivity contribution in [1.82, 2.24) is 5.32 Å². The number of carboxylic acids is 1. The van der Waals surface area contributed by atoms with E-state index in [1.807, 2.05) is 44.2 Å². The first-order valence-electron chi connectivity index (χ1n) is 5.17. The van der Waals surface area contributed by atoms with Gasteiger partial charge >= 0.3 is 0 Å². The van der Waals surface area contributed by atoms with Gasteiger partial charge in [0.25, 0.3) is 0 Å². The largest absolute Gasteiger partial charge is 0.548 e. The van der Waals surface area contributed by atoms with Gasteiger partial charge in [0.2, 0.25) is 0 Å². The Labute approximate surface area is 90.1 Å². The van der Waals surface area contributed by atoms with Crippen molar-refractivity contribution in [1.29, 1.82) is 0 Å². The quantitative estimate of drug-likeness (QED) is 0.777. The molecular formula is C12H16NO2-. The lowest BCUT2D eigenvalue weighted by Gasteiger charge is -2.23. The molecule has 2 atom stereocenters. The summed E-state index contributed by atoms with van der Waals surface area (Å²) in [5.41, 5.74) is 1.08. The molecule has 0 bridgehead atoms. The summed E-state index contributed by atoms with van der Waals surface area (Å²) in [7, 11) is 0. The number of carbonyl (C=O) groups is 1. The lowest BCUT2D eigenvalue weighted by molar-refractivity contribution is -0.308. The highest BCUT2D eigenvalue weighted by Crippen LogP contribution is 2.12. The summed E-state index contributed by atoms with van der Waals surface area (Å²) in [6, 6.07) is 9.20. The van der Waals surface area contributed by atoms with Crippen LogP contribution in [0.4, 0.5) is 0 Å². The second-order valence-electron chi connectivity index (χ2n) is 3.58. The molecule has 3 heteroatoms. The van der Waals surface area contributed by atoms with E-state index in [0.717, 1.165) is 5.56 Å². The Morgan fingerprint density at radius 3 is 2.47 bits per heavy atom. The van der Waals surface area contributed by atoms with Crippen LogP contribution in [0.25, 0.3) is 0 Å². The van der Waals surface area contributed by atoms with E-state index in [1.54, 1.807) is 0 Å². The Balaban J connectivity index is 2.62. The van der Waals surface area contributed by atoms with Crippen molar-refractivity contribution in [3.8, 4) is 0 Å². The summed E-state index contributed by atoms with van der Waals surface area (Å²) >= 11 is 0. The molecule has 0 amide bonds. The van der Waals surface area contributed by atoms with Crippen molar-refractivity contribution in [2.75, 3.05) is 0 Å². The first-order chi connectivity index (χ1) is 7.15. The molecule has 0 saturated heterocycles. The summed E-state index contributed by atoms with van der Waals surface area (Å²) in [6.45, 7) is 3.77. The molecule has 0 fully saturated rings. The third-order valence-corrected chi connectivity index (χ3v) is 2.44. The fraction of sp³-hybridized carbons (Fsp3) is 0.417. The van der Waals surface area contributed by atoms with Gasteiger partial charge in [0.15, 0.2) is 0 Å². The maximum Gasteiger partial charge on any atom is 0.0584 e. The van der Waals surface area contributed by atoms with Gasteiger partial charge in [0.1, 0.15) is 0 Å². The van der Waals surface area contributed by atoms with Crippen molar-refractivity contribution in [3.63, 3.8) is 0 Å². The highest BCUT2D eigenvalue weighted by atomic mass is 16.4. The summed E-state index contributed by atoms with van der Waals surface area (Å²) < 4.78 is 0. The van der Waals surface area contributed by atoms with E-state index < -0.39 is 12.0 Å². The average molecular weight is 206 g/mol. The van der Waals surface area contributed by atoms with E-state index in [1.165, 1.54) is 0 Å². The second-order valence-corrected chi connectivity index (χ2v) is 3.58. The predicted octanol–water partition coefficient (Wildman–Crippen LogP) is 0.866. The summed E-state index contributed by atoms with van der Waals surface area (Å²) in [5, 5.41) is 13.7. The molecule has 3 nitrogen and oxygen atoms in total. The number of nitrogens with one attached hydrogen (secondary N) is 1. The van der Waals surface area contributed by atoms with Gasteiger partial charge in [0.05, 0.1) is 5.97 Å². The monoisotopic (exact) mass is 206 g/mol. The van der Waals surface area contributed by atoms with E-state index >= 15 is 0 Å². The van der Waals surface area contributed by atoms with E-state index in [4.69, 9.17) is 0 Å². The lowest BCUT2D eigenvalue weighted by atomic mass is 10.1. The van der Waals surface area contributed by atoms with Crippen molar-refractivity contribution in [3.05, 3.63) is 35.9 Å². The zero-order valence-electron chi connectivity index (χ0n) is 9.07. The van der Waals surface area contributed by atoms with Gasteiger partial charge in [-0.2, -0.15) is 0 Å². The number of rotatable bonds is 5. The van der Waals surface area contributed by atoms with Crippen LogP contribution in [0.15, 0.2) is 30.3 Å². The molecule has 0 heterocycles. The molecule has 0 aliphatic carbocycles. The Morgan fingerprint density at radius 1 is 1.40 bits per heavy atom. The van der Waals surface area contributed by atoms with Crippen LogP contribution in [0.2, 0.25) is 0 Å². The highest BCUT2D eigenvalue weighted by Gasteiger charge is 2.11. The van der Waals surface area contributed by atoms with Crippen LogP contribution in [0.5, 0.6) is 0 Å². The first-order valence-corrected chi connectivity index (χ1v) is 5.17. The second kappa shape index (κ2) is 5.51. The maximum atomic E-state index is 10.7. The summed E-state index contributed by atoms with van der Waals surface area (Å²) in [6.07, 6.45) is 0.527. The van der Waals surface area contributed by atoms with Crippen LogP contribution in [0, 0.1) is 0 Å². The number of hydrogen-bond acceptors (Lipinski definition) is 3. The van der Waals surface area contributed by atoms with Gasteiger partial charge in [-0.25, -0.2) is 0 Å². The highest BCUT2D eigenvalue weighted by molar-refractivity contribution is 5.71. The van der Waals surface area contributed by atoms with Crippen LogP contribution >= 0.6 is 0 Å². The third-order valence-electron chi connectivity index (χ3n) is 2.44. The Morgan fingerprint density at radius 2 is 2.00 bits per heavy atom. The van der Waals surface area contributed by atoms with Crippen LogP contribution in [0.1, 0.15) is 31.9 Å². The van der Waals surface area contributed by atoms with Crippen molar-refractivity contribution < 1.29 is 9.90 Å². The first kappa shape index (κ1) is 11.7. The standard InChI is InChI=1S/C12H17NO2/c1-3-11(12(14)15)13-9(2)10-7-5-4-6-8-10/h4-9,11,13H,3H2,1-2H3,(H,14,15)/p-1/t9?,11-/m1/s1. The fourth-order valence-corrected chi connectivity index (χ4v) is 1.49. The van der Waals surface area contributed by atoms with E-state index in [2.05, 4.69) is 5.32 Å². The Kier molecular flexibility index (Phi) is 4.31. The third kappa shape index (κ3) is 3.36. The number of aliphatic carboxylic acids is 1. The minimum Gasteiger partial charge on any atom is -0.548 e. The molecule has 1 unspecified atom stereocenters. The smallest absolute Gasteiger partial charge is 0.0584 e. The van der Waals surface area contributed by atoms with Crippen LogP contribution in [-0.4, -0.2) is 12.0 Å². The molecule has 82 valence electrons. The van der Waals surface area contributed by atoms with Crippen LogP contribution in [-0.2, 0) is 4.79 Å². The molecule has 1 N–H and O–H groups in total. The Hall–Kier alpha value is -1.35. The number of carboxylic acid groups (broad SMARTS) is 1. The molecule has 0 aliphatic heterocycles. The zero-order valence-corrected chi connectivity index (χ0v) is 9.07. The normalized spacial score (nSPS) is 14.5. The van der Waals surface area contributed by atoms with Gasteiger partial charge in [0, 0.05) is 12.1 Å². The molecule has 15 heavy (non-hydrogen) atoms. The number of carbonyl (C=O) groups excluding carboxylic acids is 1. The van der Waals surface area contributed by atoms with Gasteiger partial charge in [-0.15, -0.1) is 0 Å².